The van der Waals surface area contributed by atoms with Gasteiger partial charge in [0.25, 0.3) is 0 Å². The van der Waals surface area contributed by atoms with Gasteiger partial charge in [-0.15, -0.1) is 0 Å². The van der Waals surface area contributed by atoms with Crippen molar-refractivity contribution in [2.75, 3.05) is 13.2 Å². The topological polar surface area (TPSA) is 123 Å². The van der Waals surface area contributed by atoms with Crippen LogP contribution in [-0.2, 0) is 36.8 Å². The normalized spacial score (nSPS) is 14.2. The van der Waals surface area contributed by atoms with Crippen molar-refractivity contribution in [3.63, 3.8) is 0 Å². The second-order valence-electron chi connectivity index (χ2n) is 11.3. The van der Waals surface area contributed by atoms with Crippen LogP contribution in [0.1, 0.15) is 58.2 Å². The van der Waals surface area contributed by atoms with Gasteiger partial charge in [0.2, 0.25) is 5.91 Å². The molecule has 2 aromatic carbocycles. The molecule has 0 bridgehead atoms. The van der Waals surface area contributed by atoms with Gasteiger partial charge in [-0.1, -0.05) is 42.5 Å². The average molecular weight is 527 g/mol. The molecular formula is C29H38N2O7. The van der Waals surface area contributed by atoms with Crippen molar-refractivity contribution in [3.8, 4) is 11.1 Å². The van der Waals surface area contributed by atoms with E-state index in [2.05, 4.69) is 28.8 Å². The first-order valence-electron chi connectivity index (χ1n) is 12.7. The van der Waals surface area contributed by atoms with Crippen LogP contribution in [0.25, 0.3) is 11.1 Å². The minimum atomic E-state index is -1.30. The molecule has 9 nitrogen and oxygen atoms in total. The third-order valence-corrected chi connectivity index (χ3v) is 5.90. The number of amides is 2. The minimum Gasteiger partial charge on any atom is -0.480 e. The molecule has 0 saturated carbocycles. The molecule has 9 heteroatoms. The maximum Gasteiger partial charge on any atom is 0.408 e. The zero-order valence-electron chi connectivity index (χ0n) is 22.9. The Labute approximate surface area is 223 Å². The van der Waals surface area contributed by atoms with Gasteiger partial charge in [0.1, 0.15) is 12.6 Å². The van der Waals surface area contributed by atoms with Crippen LogP contribution in [-0.4, -0.2) is 59.6 Å². The number of carboxylic acids is 1. The molecule has 0 saturated heterocycles. The number of fused-ring (bicyclic) bond motifs is 3. The van der Waals surface area contributed by atoms with E-state index in [-0.39, 0.29) is 19.8 Å². The van der Waals surface area contributed by atoms with Crippen LogP contribution >= 0.6 is 0 Å². The third kappa shape index (κ3) is 8.29. The van der Waals surface area contributed by atoms with E-state index in [0.29, 0.717) is 0 Å². The van der Waals surface area contributed by atoms with Crippen molar-refractivity contribution < 1.29 is 33.7 Å². The van der Waals surface area contributed by atoms with Gasteiger partial charge in [0.05, 0.1) is 24.4 Å². The molecule has 0 fully saturated rings. The molecule has 38 heavy (non-hydrogen) atoms. The van der Waals surface area contributed by atoms with Crippen molar-refractivity contribution in [1.29, 1.82) is 0 Å². The summed E-state index contributed by atoms with van der Waals surface area (Å²) in [5, 5.41) is 14.5. The average Bonchev–Trinajstić information content (AvgIpc) is 3.21. The molecule has 0 spiro atoms. The predicted octanol–water partition coefficient (Wildman–Crippen LogP) is 4.05. The first-order valence-corrected chi connectivity index (χ1v) is 12.7. The Kier molecular flexibility index (Phi) is 9.17. The highest BCUT2D eigenvalue weighted by molar-refractivity contribution is 5.89. The van der Waals surface area contributed by atoms with Crippen molar-refractivity contribution in [2.45, 2.75) is 77.9 Å². The number of carbonyl (C=O) groups is 3. The molecule has 3 rings (SSSR count). The number of carbonyl (C=O) groups excluding carboxylic acids is 2. The molecule has 0 unspecified atom stereocenters. The van der Waals surface area contributed by atoms with Gasteiger partial charge in [-0.25, -0.2) is 9.59 Å². The van der Waals surface area contributed by atoms with E-state index < -0.39 is 41.3 Å². The third-order valence-electron chi connectivity index (χ3n) is 5.90. The lowest BCUT2D eigenvalue weighted by atomic mass is 10.0. The Morgan fingerprint density at radius 2 is 1.45 bits per heavy atom. The van der Waals surface area contributed by atoms with Crippen LogP contribution in [0, 0.1) is 0 Å². The number of nitrogens with one attached hydrogen (secondary N) is 2. The Bertz CT molecular complexity index is 1160. The monoisotopic (exact) mass is 526 g/mol. The van der Waals surface area contributed by atoms with Crippen molar-refractivity contribution in [3.05, 3.63) is 59.2 Å². The molecule has 0 aliphatic heterocycles. The summed E-state index contributed by atoms with van der Waals surface area (Å²) in [4.78, 5) is 37.5. The highest BCUT2D eigenvalue weighted by Crippen LogP contribution is 2.38. The number of aliphatic carboxylic acids is 1. The van der Waals surface area contributed by atoms with Crippen LogP contribution in [0.15, 0.2) is 42.5 Å². The highest BCUT2D eigenvalue weighted by atomic mass is 16.5. The van der Waals surface area contributed by atoms with Crippen LogP contribution < -0.4 is 10.6 Å². The Balaban J connectivity index is 1.66. The number of rotatable bonds is 10. The summed E-state index contributed by atoms with van der Waals surface area (Å²) in [7, 11) is 0. The molecule has 1 aliphatic rings. The quantitative estimate of drug-likeness (QED) is 0.364. The van der Waals surface area contributed by atoms with Gasteiger partial charge in [0.15, 0.2) is 6.04 Å². The first kappa shape index (κ1) is 29.1. The summed E-state index contributed by atoms with van der Waals surface area (Å²) in [5.41, 5.74) is 4.32. The summed E-state index contributed by atoms with van der Waals surface area (Å²) in [6.07, 6.45) is -0.0572. The van der Waals surface area contributed by atoms with Gasteiger partial charge in [-0.2, -0.15) is 0 Å². The second-order valence-corrected chi connectivity index (χ2v) is 11.3. The van der Waals surface area contributed by atoms with Gasteiger partial charge < -0.3 is 30.0 Å². The molecule has 0 radical (unpaired) electrons. The molecule has 2 aromatic rings. The van der Waals surface area contributed by atoms with Gasteiger partial charge in [-0.3, -0.25) is 4.79 Å². The van der Waals surface area contributed by atoms with Crippen molar-refractivity contribution in [2.24, 2.45) is 0 Å². The van der Waals surface area contributed by atoms with Gasteiger partial charge in [-0.05, 0) is 75.8 Å². The summed E-state index contributed by atoms with van der Waals surface area (Å²) in [6.45, 7) is 10.4. The Hall–Kier alpha value is -3.43. The molecular weight excluding hydrogens is 488 g/mol. The van der Waals surface area contributed by atoms with Crippen molar-refractivity contribution >= 4 is 18.0 Å². The van der Waals surface area contributed by atoms with Crippen LogP contribution in [0.5, 0.6) is 0 Å². The number of benzene rings is 2. The fraction of sp³-hybridized carbons (Fsp3) is 0.483. The lowest BCUT2D eigenvalue weighted by molar-refractivity contribution is -0.146. The van der Waals surface area contributed by atoms with E-state index in [4.69, 9.17) is 14.2 Å². The maximum atomic E-state index is 13.0. The SMILES string of the molecule is CC(C)(C)OC[C@H](NC(=O)[C@H](COC(C)(C)C)NC(=O)OCc1cccc2c1Cc1ccccc1-2)C(=O)O. The first-order chi connectivity index (χ1) is 17.7. The molecule has 1 aliphatic carbocycles. The van der Waals surface area contributed by atoms with Crippen LogP contribution in [0.2, 0.25) is 0 Å². The fourth-order valence-electron chi connectivity index (χ4n) is 3.98. The van der Waals surface area contributed by atoms with Gasteiger partial charge in [0, 0.05) is 0 Å². The number of alkyl carbamates (subject to hydrolysis) is 1. The summed E-state index contributed by atoms with van der Waals surface area (Å²) in [5.74, 6) is -1.97. The summed E-state index contributed by atoms with van der Waals surface area (Å²) in [6, 6.07) is 11.6. The Morgan fingerprint density at radius 3 is 2.08 bits per heavy atom. The maximum absolute atomic E-state index is 13.0. The number of hydrogen-bond donors (Lipinski definition) is 3. The molecule has 0 aromatic heterocycles. The zero-order chi connectivity index (χ0) is 28.1. The predicted molar refractivity (Wildman–Crippen MR) is 143 cm³/mol. The lowest BCUT2D eigenvalue weighted by Gasteiger charge is -2.27. The van der Waals surface area contributed by atoms with Crippen LogP contribution in [0.4, 0.5) is 4.79 Å². The van der Waals surface area contributed by atoms with Crippen molar-refractivity contribution in [1.82, 2.24) is 10.6 Å². The number of carboxylic acid groups (broad SMARTS) is 1. The van der Waals surface area contributed by atoms with E-state index in [1.165, 1.54) is 11.1 Å². The fourth-order valence-corrected chi connectivity index (χ4v) is 3.98. The largest absolute Gasteiger partial charge is 0.480 e. The summed E-state index contributed by atoms with van der Waals surface area (Å²) >= 11 is 0. The van der Waals surface area contributed by atoms with Crippen LogP contribution in [0.3, 0.4) is 0 Å². The van der Waals surface area contributed by atoms with E-state index in [0.717, 1.165) is 23.1 Å². The standard InChI is InChI=1S/C29H38N2O7/c1-28(2,3)37-16-23(25(32)30-24(26(33)34)17-38-29(4,5)6)31-27(35)36-15-19-11-9-13-21-20-12-8-7-10-18(20)14-22(19)21/h7-13,23-24H,14-17H2,1-6H3,(H,30,32)(H,31,35)(H,33,34)/t23-,24-/m0/s1. The minimum absolute atomic E-state index is 0.0225. The highest BCUT2D eigenvalue weighted by Gasteiger charge is 2.30. The molecule has 2 amide bonds. The zero-order valence-corrected chi connectivity index (χ0v) is 22.9. The molecule has 206 valence electrons. The molecule has 3 N–H and O–H groups in total. The second kappa shape index (κ2) is 12.0. The van der Waals surface area contributed by atoms with E-state index in [1.807, 2.05) is 45.0 Å². The van der Waals surface area contributed by atoms with Gasteiger partial charge >= 0.3 is 12.1 Å². The van der Waals surface area contributed by atoms with E-state index >= 15 is 0 Å². The molecule has 2 atom stereocenters. The number of ether oxygens (including phenoxy) is 3. The summed E-state index contributed by atoms with van der Waals surface area (Å²) < 4.78 is 16.7. The number of hydrogen-bond acceptors (Lipinski definition) is 6. The lowest BCUT2D eigenvalue weighted by Crippen LogP contribution is -2.55. The smallest absolute Gasteiger partial charge is 0.408 e. The molecule has 0 heterocycles. The Morgan fingerprint density at radius 1 is 0.842 bits per heavy atom. The van der Waals surface area contributed by atoms with E-state index in [1.54, 1.807) is 20.8 Å². The van der Waals surface area contributed by atoms with E-state index in [9.17, 15) is 19.5 Å².